The van der Waals surface area contributed by atoms with E-state index in [9.17, 15) is 4.79 Å². The Labute approximate surface area is 160 Å². The zero-order valence-corrected chi connectivity index (χ0v) is 16.4. The molecular weight excluding hydrogens is 340 g/mol. The molecule has 6 nitrogen and oxygen atoms in total. The number of nitrogens with zero attached hydrogens (tertiary/aromatic N) is 4. The van der Waals surface area contributed by atoms with Crippen LogP contribution >= 0.6 is 0 Å². The zero-order valence-electron chi connectivity index (χ0n) is 16.4. The lowest BCUT2D eigenvalue weighted by atomic mass is 9.93. The Morgan fingerprint density at radius 1 is 1.19 bits per heavy atom. The van der Waals surface area contributed by atoms with Crippen molar-refractivity contribution in [2.24, 2.45) is 5.92 Å². The first-order chi connectivity index (χ1) is 13.0. The van der Waals surface area contributed by atoms with Gasteiger partial charge in [-0.2, -0.15) is 0 Å². The Bertz CT molecular complexity index is 795. The number of aryl methyl sites for hydroxylation is 3. The fraction of sp³-hybridized carbons (Fsp3) is 0.571. The van der Waals surface area contributed by atoms with E-state index in [1.54, 1.807) is 0 Å². The monoisotopic (exact) mass is 368 g/mol. The highest BCUT2D eigenvalue weighted by Crippen LogP contribution is 2.31. The number of amides is 1. The molecule has 0 radical (unpaired) electrons. The summed E-state index contributed by atoms with van der Waals surface area (Å²) in [7, 11) is 0. The summed E-state index contributed by atoms with van der Waals surface area (Å²) in [4.78, 5) is 22.1. The number of fused-ring (bicyclic) bond motifs is 4. The quantitative estimate of drug-likeness (QED) is 0.812. The molecule has 0 N–H and O–H groups in total. The molecular formula is C21H28N4O2. The van der Waals surface area contributed by atoms with Gasteiger partial charge in [0.05, 0.1) is 23.9 Å². The molecule has 1 amide bonds. The van der Waals surface area contributed by atoms with Gasteiger partial charge in [-0.1, -0.05) is 18.1 Å². The number of rotatable bonds is 5. The number of carbonyl (C=O) groups excluding carboxylic acids is 1. The minimum absolute atomic E-state index is 0.0825. The van der Waals surface area contributed by atoms with Crippen LogP contribution in [-0.2, 0) is 24.3 Å². The number of pyridine rings is 1. The van der Waals surface area contributed by atoms with E-state index in [0.717, 1.165) is 61.6 Å². The molecule has 3 aliphatic rings. The van der Waals surface area contributed by atoms with Crippen molar-refractivity contribution < 1.29 is 9.32 Å². The van der Waals surface area contributed by atoms with Crippen LogP contribution in [0.3, 0.4) is 0 Å². The molecule has 5 rings (SSSR count). The second-order valence-electron chi connectivity index (χ2n) is 7.90. The third-order valence-electron chi connectivity index (χ3n) is 6.06. The Morgan fingerprint density at radius 3 is 2.70 bits per heavy atom. The summed E-state index contributed by atoms with van der Waals surface area (Å²) in [6, 6.07) is 4.53. The second-order valence-corrected chi connectivity index (χ2v) is 7.90. The van der Waals surface area contributed by atoms with Crippen molar-refractivity contribution in [2.45, 2.75) is 59.2 Å². The predicted molar refractivity (Wildman–Crippen MR) is 102 cm³/mol. The standard InChI is InChI=1S/C21H28N4O2/c1-4-16-5-7-18(22-9-16)11-24-10-17-6-8-19(12-24)25(21(17)26)13-20-14(2)23-27-15(20)3/h5,7,9,17,19H,4,6,8,10-13H2,1-3H3/t17-,19+/m0/s1. The summed E-state index contributed by atoms with van der Waals surface area (Å²) in [5.74, 6) is 1.18. The third-order valence-corrected chi connectivity index (χ3v) is 6.06. The van der Waals surface area contributed by atoms with Crippen molar-refractivity contribution in [1.29, 1.82) is 0 Å². The normalized spacial score (nSPS) is 23.1. The molecule has 6 heteroatoms. The fourth-order valence-corrected chi connectivity index (χ4v) is 4.35. The lowest BCUT2D eigenvalue weighted by Gasteiger charge is -2.36. The summed E-state index contributed by atoms with van der Waals surface area (Å²) in [6.45, 7) is 9.16. The van der Waals surface area contributed by atoms with Gasteiger partial charge in [-0.25, -0.2) is 0 Å². The van der Waals surface area contributed by atoms with Gasteiger partial charge in [0.25, 0.3) is 0 Å². The van der Waals surface area contributed by atoms with Crippen LogP contribution in [0.1, 0.15) is 48.0 Å². The smallest absolute Gasteiger partial charge is 0.227 e. The van der Waals surface area contributed by atoms with E-state index in [-0.39, 0.29) is 17.9 Å². The Balaban J connectivity index is 1.49. The molecule has 2 bridgehead atoms. The van der Waals surface area contributed by atoms with Crippen LogP contribution in [0.15, 0.2) is 22.9 Å². The molecule has 3 aliphatic heterocycles. The predicted octanol–water partition coefficient (Wildman–Crippen LogP) is 2.87. The van der Waals surface area contributed by atoms with Crippen molar-refractivity contribution in [3.63, 3.8) is 0 Å². The SMILES string of the molecule is CCc1ccc(CN2C[C@@H]3CC[C@H](C2)N(Cc2c(C)noc2C)C3=O)nc1. The van der Waals surface area contributed by atoms with Crippen LogP contribution < -0.4 is 0 Å². The van der Waals surface area contributed by atoms with Crippen LogP contribution in [0.5, 0.6) is 0 Å². The van der Waals surface area contributed by atoms with Gasteiger partial charge in [0.1, 0.15) is 5.76 Å². The summed E-state index contributed by atoms with van der Waals surface area (Å²) in [5, 5.41) is 4.05. The molecule has 0 aliphatic carbocycles. The van der Waals surface area contributed by atoms with E-state index in [0.29, 0.717) is 6.54 Å². The van der Waals surface area contributed by atoms with Crippen molar-refractivity contribution in [1.82, 2.24) is 19.9 Å². The number of aromatic nitrogens is 2. The molecule has 3 fully saturated rings. The maximum atomic E-state index is 13.1. The van der Waals surface area contributed by atoms with Gasteiger partial charge in [0.2, 0.25) is 5.91 Å². The van der Waals surface area contributed by atoms with Gasteiger partial charge in [0.15, 0.2) is 0 Å². The van der Waals surface area contributed by atoms with Gasteiger partial charge in [-0.05, 0) is 44.7 Å². The van der Waals surface area contributed by atoms with E-state index in [1.165, 1.54) is 5.56 Å². The van der Waals surface area contributed by atoms with Crippen LogP contribution in [-0.4, -0.2) is 45.0 Å². The molecule has 0 unspecified atom stereocenters. The number of hydrogen-bond donors (Lipinski definition) is 0. The summed E-state index contributed by atoms with van der Waals surface area (Å²) >= 11 is 0. The van der Waals surface area contributed by atoms with Crippen molar-refractivity contribution in [3.8, 4) is 0 Å². The zero-order chi connectivity index (χ0) is 19.0. The lowest BCUT2D eigenvalue weighted by molar-refractivity contribution is -0.140. The van der Waals surface area contributed by atoms with Crippen molar-refractivity contribution in [3.05, 3.63) is 46.6 Å². The molecule has 0 saturated carbocycles. The second kappa shape index (κ2) is 7.43. The Hall–Kier alpha value is -2.21. The first-order valence-electron chi connectivity index (χ1n) is 9.93. The summed E-state index contributed by atoms with van der Waals surface area (Å²) < 4.78 is 5.30. The van der Waals surface area contributed by atoms with Crippen LogP contribution in [0.4, 0.5) is 0 Å². The molecule has 27 heavy (non-hydrogen) atoms. The maximum Gasteiger partial charge on any atom is 0.227 e. The highest BCUT2D eigenvalue weighted by molar-refractivity contribution is 5.80. The largest absolute Gasteiger partial charge is 0.361 e. The third kappa shape index (κ3) is 3.63. The van der Waals surface area contributed by atoms with Gasteiger partial charge < -0.3 is 9.42 Å². The number of hydrogen-bond acceptors (Lipinski definition) is 5. The van der Waals surface area contributed by atoms with Gasteiger partial charge in [0, 0.05) is 37.4 Å². The minimum atomic E-state index is 0.0825. The summed E-state index contributed by atoms with van der Waals surface area (Å²) in [5.41, 5.74) is 4.28. The van der Waals surface area contributed by atoms with Crippen molar-refractivity contribution >= 4 is 5.91 Å². The van der Waals surface area contributed by atoms with E-state index in [2.05, 4.69) is 39.0 Å². The molecule has 5 heterocycles. The highest BCUT2D eigenvalue weighted by Gasteiger charge is 2.41. The van der Waals surface area contributed by atoms with E-state index >= 15 is 0 Å². The number of piperidine rings is 1. The van der Waals surface area contributed by atoms with Crippen LogP contribution in [0.2, 0.25) is 0 Å². The Morgan fingerprint density at radius 2 is 2.04 bits per heavy atom. The van der Waals surface area contributed by atoms with Gasteiger partial charge >= 0.3 is 0 Å². The van der Waals surface area contributed by atoms with E-state index in [1.807, 2.05) is 20.0 Å². The molecule has 0 spiro atoms. The molecule has 2 aromatic heterocycles. The topological polar surface area (TPSA) is 62.5 Å². The fourth-order valence-electron chi connectivity index (χ4n) is 4.35. The maximum absolute atomic E-state index is 13.1. The van der Waals surface area contributed by atoms with Gasteiger partial charge in [-0.15, -0.1) is 0 Å². The molecule has 144 valence electrons. The minimum Gasteiger partial charge on any atom is -0.361 e. The van der Waals surface area contributed by atoms with Gasteiger partial charge in [-0.3, -0.25) is 14.7 Å². The van der Waals surface area contributed by atoms with E-state index in [4.69, 9.17) is 4.52 Å². The molecule has 0 aromatic carbocycles. The molecule has 2 atom stereocenters. The number of carbonyl (C=O) groups is 1. The summed E-state index contributed by atoms with van der Waals surface area (Å²) in [6.07, 6.45) is 5.03. The van der Waals surface area contributed by atoms with Crippen LogP contribution in [0.25, 0.3) is 0 Å². The first kappa shape index (κ1) is 18.2. The Kier molecular flexibility index (Phi) is 5.00. The molecule has 3 saturated heterocycles. The lowest BCUT2D eigenvalue weighted by Crippen LogP contribution is -2.47. The average molecular weight is 368 g/mol. The molecule has 2 aromatic rings. The average Bonchev–Trinajstić information content (AvgIpc) is 2.83. The van der Waals surface area contributed by atoms with Crippen LogP contribution in [0, 0.1) is 19.8 Å². The first-order valence-corrected chi connectivity index (χ1v) is 9.93. The highest BCUT2D eigenvalue weighted by atomic mass is 16.5. The van der Waals surface area contributed by atoms with Crippen molar-refractivity contribution in [2.75, 3.05) is 13.1 Å². The van der Waals surface area contributed by atoms with E-state index < -0.39 is 0 Å².